The fraction of sp³-hybridized carbons (Fsp3) is 0.308. The summed E-state index contributed by atoms with van der Waals surface area (Å²) in [4.78, 5) is 34.3. The molecule has 1 aliphatic heterocycles. The lowest BCUT2D eigenvalue weighted by Gasteiger charge is -2.21. The Balaban J connectivity index is 1.89. The van der Waals surface area contributed by atoms with Gasteiger partial charge in [0.2, 0.25) is 17.7 Å². The number of imide groups is 1. The molecule has 1 aromatic carbocycles. The first kappa shape index (κ1) is 14.0. The molecule has 100 valence electrons. The lowest BCUT2D eigenvalue weighted by Crippen LogP contribution is -2.52. The second-order valence-corrected chi connectivity index (χ2v) is 5.62. The molecule has 0 bridgehead atoms. The fourth-order valence-electron chi connectivity index (χ4n) is 1.86. The monoisotopic (exact) mass is 372 g/mol. The van der Waals surface area contributed by atoms with Crippen LogP contribution in [0.2, 0.25) is 0 Å². The van der Waals surface area contributed by atoms with Crippen LogP contribution in [0.1, 0.15) is 18.4 Å². The van der Waals surface area contributed by atoms with E-state index < -0.39 is 11.9 Å². The highest BCUT2D eigenvalue weighted by Gasteiger charge is 2.27. The summed E-state index contributed by atoms with van der Waals surface area (Å²) in [6.07, 6.45) is 0.859. The molecule has 19 heavy (non-hydrogen) atoms. The molecule has 0 saturated carbocycles. The summed E-state index contributed by atoms with van der Waals surface area (Å²) in [7, 11) is 0. The highest BCUT2D eigenvalue weighted by atomic mass is 127. The minimum atomic E-state index is -0.603. The van der Waals surface area contributed by atoms with Crippen LogP contribution < -0.4 is 10.6 Å². The second-order valence-electron chi connectivity index (χ2n) is 4.37. The molecule has 2 N–H and O–H groups in total. The number of hydrogen-bond donors (Lipinski definition) is 2. The standard InChI is InChI=1S/C13H13IN2O3/c14-9-3-1-8(2-4-9)7-12(18)15-10-5-6-11(17)16-13(10)19/h1-4,10H,5-7H2,(H,15,18)(H,16,17,19). The van der Waals surface area contributed by atoms with Crippen molar-refractivity contribution in [2.24, 2.45) is 0 Å². The maximum Gasteiger partial charge on any atom is 0.249 e. The zero-order valence-corrected chi connectivity index (χ0v) is 12.3. The smallest absolute Gasteiger partial charge is 0.249 e. The molecule has 0 aromatic heterocycles. The van der Waals surface area contributed by atoms with E-state index in [-0.39, 0.29) is 24.7 Å². The maximum absolute atomic E-state index is 11.8. The predicted molar refractivity (Wildman–Crippen MR) is 77.2 cm³/mol. The van der Waals surface area contributed by atoms with E-state index in [2.05, 4.69) is 33.2 Å². The third-order valence-corrected chi connectivity index (χ3v) is 3.57. The molecule has 6 heteroatoms. The molecule has 1 fully saturated rings. The Morgan fingerprint density at radius 2 is 2.00 bits per heavy atom. The topological polar surface area (TPSA) is 75.3 Å². The normalized spacial score (nSPS) is 18.9. The first-order valence-electron chi connectivity index (χ1n) is 5.92. The molecule has 1 heterocycles. The SMILES string of the molecule is O=C1CCC(NC(=O)Cc2ccc(I)cc2)C(=O)N1. The van der Waals surface area contributed by atoms with Gasteiger partial charge in [-0.15, -0.1) is 0 Å². The number of carbonyl (C=O) groups excluding carboxylic acids is 3. The number of benzene rings is 1. The van der Waals surface area contributed by atoms with Gasteiger partial charge in [0, 0.05) is 9.99 Å². The summed E-state index contributed by atoms with van der Waals surface area (Å²) >= 11 is 2.19. The van der Waals surface area contributed by atoms with Crippen LogP contribution in [0.25, 0.3) is 0 Å². The van der Waals surface area contributed by atoms with E-state index in [0.29, 0.717) is 6.42 Å². The van der Waals surface area contributed by atoms with E-state index in [0.717, 1.165) is 9.13 Å². The van der Waals surface area contributed by atoms with Crippen LogP contribution in [0.4, 0.5) is 0 Å². The lowest BCUT2D eigenvalue weighted by molar-refractivity contribution is -0.137. The summed E-state index contributed by atoms with van der Waals surface area (Å²) in [5, 5.41) is 4.86. The summed E-state index contributed by atoms with van der Waals surface area (Å²) in [5.41, 5.74) is 0.894. The van der Waals surface area contributed by atoms with Gasteiger partial charge in [-0.2, -0.15) is 0 Å². The first-order chi connectivity index (χ1) is 9.04. The molecule has 1 aromatic rings. The van der Waals surface area contributed by atoms with Gasteiger partial charge in [-0.05, 0) is 46.7 Å². The van der Waals surface area contributed by atoms with Gasteiger partial charge < -0.3 is 5.32 Å². The number of halogens is 1. The first-order valence-corrected chi connectivity index (χ1v) is 7.00. The molecular formula is C13H13IN2O3. The van der Waals surface area contributed by atoms with Gasteiger partial charge in [0.25, 0.3) is 0 Å². The van der Waals surface area contributed by atoms with E-state index in [1.165, 1.54) is 0 Å². The van der Waals surface area contributed by atoms with Crippen LogP contribution in [-0.2, 0) is 20.8 Å². The average Bonchev–Trinajstić information content (AvgIpc) is 2.36. The van der Waals surface area contributed by atoms with Crippen LogP contribution in [0.15, 0.2) is 24.3 Å². The summed E-state index contributed by atoms with van der Waals surface area (Å²) in [6.45, 7) is 0. The van der Waals surface area contributed by atoms with Crippen molar-refractivity contribution in [3.05, 3.63) is 33.4 Å². The summed E-state index contributed by atoms with van der Waals surface area (Å²) < 4.78 is 1.10. The Bertz CT molecular complexity index is 513. The van der Waals surface area contributed by atoms with E-state index in [4.69, 9.17) is 0 Å². The van der Waals surface area contributed by atoms with Crippen molar-refractivity contribution in [1.29, 1.82) is 0 Å². The summed E-state index contributed by atoms with van der Waals surface area (Å²) in [5.74, 6) is -0.920. The van der Waals surface area contributed by atoms with Crippen molar-refractivity contribution in [2.75, 3.05) is 0 Å². The van der Waals surface area contributed by atoms with E-state index in [1.54, 1.807) is 0 Å². The van der Waals surface area contributed by atoms with Gasteiger partial charge in [0.05, 0.1) is 6.42 Å². The van der Waals surface area contributed by atoms with Crippen molar-refractivity contribution in [3.8, 4) is 0 Å². The molecule has 1 atom stereocenters. The average molecular weight is 372 g/mol. The molecule has 0 aliphatic carbocycles. The molecule has 3 amide bonds. The van der Waals surface area contributed by atoms with Gasteiger partial charge in [-0.3, -0.25) is 19.7 Å². The van der Waals surface area contributed by atoms with Gasteiger partial charge in [-0.25, -0.2) is 0 Å². The van der Waals surface area contributed by atoms with E-state index in [9.17, 15) is 14.4 Å². The number of hydrogen-bond acceptors (Lipinski definition) is 3. The molecule has 1 unspecified atom stereocenters. The fourth-order valence-corrected chi connectivity index (χ4v) is 2.22. The molecule has 1 saturated heterocycles. The van der Waals surface area contributed by atoms with Crippen LogP contribution in [0.5, 0.6) is 0 Å². The second kappa shape index (κ2) is 6.14. The van der Waals surface area contributed by atoms with Crippen molar-refractivity contribution in [1.82, 2.24) is 10.6 Å². The molecular weight excluding hydrogens is 359 g/mol. The zero-order valence-electron chi connectivity index (χ0n) is 10.1. The third kappa shape index (κ3) is 4.02. The van der Waals surface area contributed by atoms with Crippen molar-refractivity contribution >= 4 is 40.3 Å². The quantitative estimate of drug-likeness (QED) is 0.608. The van der Waals surface area contributed by atoms with Crippen LogP contribution in [0, 0.1) is 3.57 Å². The predicted octanol–water partition coefficient (Wildman–Crippen LogP) is 0.755. The molecule has 5 nitrogen and oxygen atoms in total. The minimum absolute atomic E-state index is 0.212. The van der Waals surface area contributed by atoms with Crippen LogP contribution >= 0.6 is 22.6 Å². The Hall–Kier alpha value is -1.44. The van der Waals surface area contributed by atoms with Crippen molar-refractivity contribution in [2.45, 2.75) is 25.3 Å². The van der Waals surface area contributed by atoms with Gasteiger partial charge in [0.1, 0.15) is 6.04 Å². The minimum Gasteiger partial charge on any atom is -0.344 e. The molecule has 0 spiro atoms. The van der Waals surface area contributed by atoms with Gasteiger partial charge >= 0.3 is 0 Å². The number of nitrogens with one attached hydrogen (secondary N) is 2. The van der Waals surface area contributed by atoms with Crippen molar-refractivity contribution in [3.63, 3.8) is 0 Å². The van der Waals surface area contributed by atoms with Crippen LogP contribution in [0.3, 0.4) is 0 Å². The highest BCUT2D eigenvalue weighted by Crippen LogP contribution is 2.08. The zero-order chi connectivity index (χ0) is 13.8. The van der Waals surface area contributed by atoms with Crippen molar-refractivity contribution < 1.29 is 14.4 Å². The number of amides is 3. The van der Waals surface area contributed by atoms with Gasteiger partial charge in [0.15, 0.2) is 0 Å². The largest absolute Gasteiger partial charge is 0.344 e. The lowest BCUT2D eigenvalue weighted by atomic mass is 10.1. The molecule has 0 radical (unpaired) electrons. The van der Waals surface area contributed by atoms with E-state index >= 15 is 0 Å². The number of rotatable bonds is 3. The Morgan fingerprint density at radius 3 is 2.63 bits per heavy atom. The van der Waals surface area contributed by atoms with E-state index in [1.807, 2.05) is 24.3 Å². The van der Waals surface area contributed by atoms with Crippen LogP contribution in [-0.4, -0.2) is 23.8 Å². The van der Waals surface area contributed by atoms with Gasteiger partial charge in [-0.1, -0.05) is 12.1 Å². The Kier molecular flexibility index (Phi) is 4.52. The Labute approximate surface area is 124 Å². The highest BCUT2D eigenvalue weighted by molar-refractivity contribution is 14.1. The maximum atomic E-state index is 11.8. The molecule has 2 rings (SSSR count). The molecule has 1 aliphatic rings. The number of carbonyl (C=O) groups is 3. The Morgan fingerprint density at radius 1 is 1.32 bits per heavy atom. The summed E-state index contributed by atoms with van der Waals surface area (Å²) in [6, 6.07) is 7.01. The third-order valence-electron chi connectivity index (χ3n) is 2.85. The number of piperidine rings is 1.